The predicted molar refractivity (Wildman–Crippen MR) is 59.7 cm³/mol. The summed E-state index contributed by atoms with van der Waals surface area (Å²) in [6.07, 6.45) is -4.55. The highest BCUT2D eigenvalue weighted by atomic mass is 32.1. The van der Waals surface area contributed by atoms with E-state index in [9.17, 15) is 8.78 Å². The topological polar surface area (TPSA) is 72.0 Å². The molecule has 0 amide bonds. The third-order valence-corrected chi connectivity index (χ3v) is 3.13. The van der Waals surface area contributed by atoms with Gasteiger partial charge in [0.05, 0.1) is 12.8 Å². The molecule has 0 radical (unpaired) electrons. The number of hydrogen-bond donors (Lipinski definition) is 1. The summed E-state index contributed by atoms with van der Waals surface area (Å²) >= 11 is 1.47. The second-order valence-corrected chi connectivity index (χ2v) is 4.71. The van der Waals surface area contributed by atoms with Crippen LogP contribution in [0, 0.1) is 6.92 Å². The number of thiazole rings is 1. The van der Waals surface area contributed by atoms with Crippen molar-refractivity contribution in [1.82, 2.24) is 15.1 Å². The lowest BCUT2D eigenvalue weighted by Gasteiger charge is -2.04. The summed E-state index contributed by atoms with van der Waals surface area (Å²) in [6.45, 7) is 1.88. The summed E-state index contributed by atoms with van der Waals surface area (Å²) < 4.78 is 29.0. The van der Waals surface area contributed by atoms with E-state index in [0.29, 0.717) is 12.2 Å². The summed E-state index contributed by atoms with van der Waals surface area (Å²) in [7, 11) is 0. The Morgan fingerprint density at radius 1 is 1.44 bits per heavy atom. The number of alkyl halides is 2. The van der Waals surface area contributed by atoms with Crippen molar-refractivity contribution in [3.8, 4) is 0 Å². The molecule has 1 atom stereocenters. The zero-order valence-corrected chi connectivity index (χ0v) is 10.3. The van der Waals surface area contributed by atoms with Crippen molar-refractivity contribution in [2.45, 2.75) is 32.3 Å². The molecule has 0 bridgehead atoms. The minimum Gasteiger partial charge on any atom is -0.387 e. The van der Waals surface area contributed by atoms with E-state index in [2.05, 4.69) is 15.1 Å². The van der Waals surface area contributed by atoms with Gasteiger partial charge in [-0.05, 0) is 6.92 Å². The van der Waals surface area contributed by atoms with Crippen molar-refractivity contribution in [1.29, 1.82) is 0 Å². The molecule has 0 spiro atoms. The van der Waals surface area contributed by atoms with Crippen molar-refractivity contribution in [3.05, 3.63) is 27.8 Å². The number of aromatic nitrogens is 3. The van der Waals surface area contributed by atoms with Gasteiger partial charge in [0.15, 0.2) is 5.82 Å². The quantitative estimate of drug-likeness (QED) is 0.897. The largest absolute Gasteiger partial charge is 0.387 e. The molecule has 0 fully saturated rings. The van der Waals surface area contributed by atoms with E-state index in [4.69, 9.17) is 9.63 Å². The molecule has 0 aliphatic carbocycles. The van der Waals surface area contributed by atoms with Gasteiger partial charge < -0.3 is 9.63 Å². The highest BCUT2D eigenvalue weighted by Crippen LogP contribution is 2.13. The average molecular weight is 275 g/mol. The summed E-state index contributed by atoms with van der Waals surface area (Å²) in [5.41, 5.74) is 0.909. The van der Waals surface area contributed by atoms with Gasteiger partial charge in [-0.15, -0.1) is 11.3 Å². The summed E-state index contributed by atoms with van der Waals surface area (Å²) in [5.74, 6) is 0.381. The molecule has 1 unspecified atom stereocenters. The van der Waals surface area contributed by atoms with Gasteiger partial charge in [-0.3, -0.25) is 0 Å². The van der Waals surface area contributed by atoms with Crippen LogP contribution in [0.3, 0.4) is 0 Å². The maximum atomic E-state index is 12.1. The molecule has 2 heterocycles. The van der Waals surface area contributed by atoms with E-state index < -0.39 is 12.5 Å². The Bertz CT molecular complexity index is 515. The van der Waals surface area contributed by atoms with Crippen molar-refractivity contribution in [3.63, 3.8) is 0 Å². The fraction of sp³-hybridized carbons (Fsp3) is 0.500. The highest BCUT2D eigenvalue weighted by molar-refractivity contribution is 7.09. The average Bonchev–Trinajstić information content (AvgIpc) is 2.89. The van der Waals surface area contributed by atoms with Crippen molar-refractivity contribution in [2.24, 2.45) is 0 Å². The number of nitrogens with zero attached hydrogens (tertiary/aromatic N) is 3. The van der Waals surface area contributed by atoms with Crippen molar-refractivity contribution in [2.75, 3.05) is 0 Å². The Morgan fingerprint density at radius 3 is 2.83 bits per heavy atom. The molecule has 0 aromatic carbocycles. The summed E-state index contributed by atoms with van der Waals surface area (Å²) in [4.78, 5) is 8.16. The second kappa shape index (κ2) is 5.49. The fourth-order valence-corrected chi connectivity index (χ4v) is 2.10. The third kappa shape index (κ3) is 3.30. The first kappa shape index (κ1) is 13.0. The summed E-state index contributed by atoms with van der Waals surface area (Å²) in [6, 6.07) is 0. The minimum atomic E-state index is -2.82. The first-order valence-electron chi connectivity index (χ1n) is 5.23. The Kier molecular flexibility index (Phi) is 3.97. The number of halogens is 2. The molecular weight excluding hydrogens is 264 g/mol. The van der Waals surface area contributed by atoms with Crippen LogP contribution < -0.4 is 0 Å². The van der Waals surface area contributed by atoms with Gasteiger partial charge in [-0.2, -0.15) is 4.98 Å². The molecule has 5 nitrogen and oxygen atoms in total. The van der Waals surface area contributed by atoms with E-state index in [1.165, 1.54) is 11.3 Å². The van der Waals surface area contributed by atoms with Gasteiger partial charge in [0.25, 0.3) is 6.43 Å². The third-order valence-electron chi connectivity index (χ3n) is 2.16. The van der Waals surface area contributed by atoms with Crippen molar-refractivity contribution < 1.29 is 18.4 Å². The van der Waals surface area contributed by atoms with Gasteiger partial charge in [-0.1, -0.05) is 5.16 Å². The van der Waals surface area contributed by atoms with Crippen LogP contribution in [0.4, 0.5) is 8.78 Å². The van der Waals surface area contributed by atoms with Crippen LogP contribution in [-0.2, 0) is 12.8 Å². The normalized spacial score (nSPS) is 13.2. The lowest BCUT2D eigenvalue weighted by molar-refractivity contribution is -0.00754. The van der Waals surface area contributed by atoms with Gasteiger partial charge in [0.1, 0.15) is 11.1 Å². The Hall–Kier alpha value is -1.41. The van der Waals surface area contributed by atoms with Crippen LogP contribution in [0.25, 0.3) is 0 Å². The van der Waals surface area contributed by atoms with E-state index in [1.807, 2.05) is 12.3 Å². The molecular formula is C10H11F2N3O2S. The van der Waals surface area contributed by atoms with Crippen LogP contribution >= 0.6 is 11.3 Å². The van der Waals surface area contributed by atoms with Crippen LogP contribution in [0.15, 0.2) is 9.90 Å². The molecule has 1 N–H and O–H groups in total. The molecule has 0 saturated carbocycles. The molecule has 0 aliphatic heterocycles. The first-order valence-corrected chi connectivity index (χ1v) is 6.11. The molecule has 2 aromatic heterocycles. The molecule has 98 valence electrons. The fourth-order valence-electron chi connectivity index (χ4n) is 1.33. The van der Waals surface area contributed by atoms with Gasteiger partial charge in [0.2, 0.25) is 5.89 Å². The van der Waals surface area contributed by atoms with E-state index in [1.54, 1.807) is 0 Å². The number of aliphatic hydroxyl groups excluding tert-OH is 1. The molecule has 2 rings (SSSR count). The zero-order chi connectivity index (χ0) is 13.1. The number of aryl methyl sites for hydroxylation is 1. The standard InChI is InChI=1S/C10H11F2N3O2S/c1-5-4-18-9(13-5)3-7-14-8(17-15-7)2-6(16)10(11)12/h4,6,10,16H,2-3H2,1H3. The van der Waals surface area contributed by atoms with E-state index in [0.717, 1.165) is 10.7 Å². The highest BCUT2D eigenvalue weighted by Gasteiger charge is 2.20. The zero-order valence-electron chi connectivity index (χ0n) is 9.51. The Balaban J connectivity index is 1.98. The lowest BCUT2D eigenvalue weighted by atomic mass is 10.2. The molecule has 2 aromatic rings. The minimum absolute atomic E-state index is 0.00563. The molecule has 8 heteroatoms. The van der Waals surface area contributed by atoms with Crippen LogP contribution in [0.5, 0.6) is 0 Å². The number of aliphatic hydroxyl groups is 1. The van der Waals surface area contributed by atoms with Gasteiger partial charge in [-0.25, -0.2) is 13.8 Å². The van der Waals surface area contributed by atoms with Crippen LogP contribution in [0.1, 0.15) is 22.4 Å². The SMILES string of the molecule is Cc1csc(Cc2noc(CC(O)C(F)F)n2)n1. The Labute approximate surface area is 105 Å². The molecule has 18 heavy (non-hydrogen) atoms. The maximum absolute atomic E-state index is 12.1. The van der Waals surface area contributed by atoms with Crippen molar-refractivity contribution >= 4 is 11.3 Å². The molecule has 0 aliphatic rings. The van der Waals surface area contributed by atoms with Gasteiger partial charge in [0, 0.05) is 11.1 Å². The van der Waals surface area contributed by atoms with E-state index >= 15 is 0 Å². The first-order chi connectivity index (χ1) is 8.54. The maximum Gasteiger partial charge on any atom is 0.264 e. The Morgan fingerprint density at radius 2 is 2.22 bits per heavy atom. The number of hydrogen-bond acceptors (Lipinski definition) is 6. The second-order valence-electron chi connectivity index (χ2n) is 3.77. The van der Waals surface area contributed by atoms with Gasteiger partial charge >= 0.3 is 0 Å². The van der Waals surface area contributed by atoms with Crippen LogP contribution in [-0.4, -0.2) is 32.8 Å². The smallest absolute Gasteiger partial charge is 0.264 e. The number of rotatable bonds is 5. The predicted octanol–water partition coefficient (Wildman–Crippen LogP) is 1.59. The van der Waals surface area contributed by atoms with E-state index in [-0.39, 0.29) is 12.3 Å². The molecule has 0 saturated heterocycles. The lowest BCUT2D eigenvalue weighted by Crippen LogP contribution is -2.20. The monoisotopic (exact) mass is 275 g/mol. The summed E-state index contributed by atoms with van der Waals surface area (Å²) in [5, 5.41) is 15.4. The van der Waals surface area contributed by atoms with Crippen LogP contribution in [0.2, 0.25) is 0 Å².